The molecule has 1 saturated heterocycles. The van der Waals surface area contributed by atoms with E-state index in [0.717, 1.165) is 33.7 Å². The quantitative estimate of drug-likeness (QED) is 0.221. The summed E-state index contributed by atoms with van der Waals surface area (Å²) in [5.74, 6) is 0.737. The number of hydrogen-bond acceptors (Lipinski definition) is 8. The van der Waals surface area contributed by atoms with Gasteiger partial charge in [-0.05, 0) is 54.8 Å². The number of carbonyl (C=O) groups is 2. The third kappa shape index (κ3) is 6.22. The SMILES string of the molecule is COc1ccccc1-c1cc(C2=CCCN(C(=O)CCn3ccnn3)C2)c(F)c2[nH]c(C(=O)N3CCN(c4nc5ccccc5nc4C)CC3)cc12. The van der Waals surface area contributed by atoms with Gasteiger partial charge in [0, 0.05) is 68.4 Å². The molecule has 2 aliphatic rings. The van der Waals surface area contributed by atoms with Gasteiger partial charge in [-0.2, -0.15) is 0 Å². The Balaban J connectivity index is 1.08. The number of para-hydroxylation sites is 3. The zero-order valence-electron chi connectivity index (χ0n) is 29.0. The first-order valence-electron chi connectivity index (χ1n) is 17.5. The Morgan fingerprint density at radius 2 is 1.67 bits per heavy atom. The first-order valence-corrected chi connectivity index (χ1v) is 17.5. The van der Waals surface area contributed by atoms with E-state index in [2.05, 4.69) is 20.2 Å². The Bertz CT molecular complexity index is 2330. The second kappa shape index (κ2) is 13.9. The third-order valence-corrected chi connectivity index (χ3v) is 9.94. The molecule has 0 saturated carbocycles. The highest BCUT2D eigenvalue weighted by molar-refractivity contribution is 6.05. The molecule has 52 heavy (non-hydrogen) atoms. The molecule has 2 amide bonds. The number of aryl methyl sites for hydroxylation is 2. The number of nitrogens with zero attached hydrogens (tertiary/aromatic N) is 8. The number of carbonyl (C=O) groups excluding carboxylic acids is 2. The van der Waals surface area contributed by atoms with Gasteiger partial charge in [0.25, 0.3) is 5.91 Å². The molecule has 0 unspecified atom stereocenters. The molecule has 0 spiro atoms. The van der Waals surface area contributed by atoms with Crippen molar-refractivity contribution in [2.45, 2.75) is 26.3 Å². The first-order chi connectivity index (χ1) is 25.4. The van der Waals surface area contributed by atoms with Crippen molar-refractivity contribution in [1.82, 2.24) is 39.7 Å². The summed E-state index contributed by atoms with van der Waals surface area (Å²) in [5, 5.41) is 8.33. The third-order valence-electron chi connectivity index (χ3n) is 9.94. The van der Waals surface area contributed by atoms with Crippen LogP contribution >= 0.6 is 0 Å². The lowest BCUT2D eigenvalue weighted by molar-refractivity contribution is -0.131. The summed E-state index contributed by atoms with van der Waals surface area (Å²) >= 11 is 0. The highest BCUT2D eigenvalue weighted by atomic mass is 19.1. The van der Waals surface area contributed by atoms with E-state index >= 15 is 4.39 Å². The van der Waals surface area contributed by atoms with Crippen LogP contribution in [0.15, 0.2) is 79.1 Å². The predicted octanol–water partition coefficient (Wildman–Crippen LogP) is 5.49. The van der Waals surface area contributed by atoms with Crippen LogP contribution in [0.1, 0.15) is 34.6 Å². The molecule has 0 atom stereocenters. The van der Waals surface area contributed by atoms with Crippen LogP contribution in [0, 0.1) is 12.7 Å². The zero-order chi connectivity index (χ0) is 35.8. The fourth-order valence-electron chi connectivity index (χ4n) is 7.24. The molecule has 2 aliphatic heterocycles. The lowest BCUT2D eigenvalue weighted by Gasteiger charge is -2.35. The Labute approximate surface area is 299 Å². The second-order valence-corrected chi connectivity index (χ2v) is 13.1. The maximum absolute atomic E-state index is 16.7. The number of hydrogen-bond donors (Lipinski definition) is 1. The molecule has 1 N–H and O–H groups in total. The van der Waals surface area contributed by atoms with Gasteiger partial charge in [-0.3, -0.25) is 14.3 Å². The van der Waals surface area contributed by atoms with Crippen LogP contribution < -0.4 is 9.64 Å². The summed E-state index contributed by atoms with van der Waals surface area (Å²) in [5.41, 5.74) is 5.65. The molecule has 3 aromatic carbocycles. The molecule has 0 aliphatic carbocycles. The Kier molecular flexibility index (Phi) is 8.83. The first kappa shape index (κ1) is 33.1. The smallest absolute Gasteiger partial charge is 0.270 e. The van der Waals surface area contributed by atoms with Crippen molar-refractivity contribution in [3.63, 3.8) is 0 Å². The van der Waals surface area contributed by atoms with Gasteiger partial charge in [0.1, 0.15) is 11.4 Å². The lowest BCUT2D eigenvalue weighted by atomic mass is 9.93. The van der Waals surface area contributed by atoms with Gasteiger partial charge >= 0.3 is 0 Å². The van der Waals surface area contributed by atoms with E-state index in [4.69, 9.17) is 14.7 Å². The van der Waals surface area contributed by atoms with E-state index in [1.807, 2.05) is 67.6 Å². The molecule has 8 rings (SSSR count). The minimum absolute atomic E-state index is 0.0387. The number of fused-ring (bicyclic) bond motifs is 2. The monoisotopic (exact) mass is 699 g/mol. The van der Waals surface area contributed by atoms with Gasteiger partial charge in [0.05, 0.1) is 42.1 Å². The highest BCUT2D eigenvalue weighted by Crippen LogP contribution is 2.40. The van der Waals surface area contributed by atoms with E-state index in [1.54, 1.807) is 40.1 Å². The molecule has 12 nitrogen and oxygen atoms in total. The number of amides is 2. The van der Waals surface area contributed by atoms with E-state index in [1.165, 1.54) is 0 Å². The van der Waals surface area contributed by atoms with Crippen LogP contribution in [0.2, 0.25) is 0 Å². The Morgan fingerprint density at radius 1 is 0.904 bits per heavy atom. The molecule has 6 aromatic rings. The number of methoxy groups -OCH3 is 1. The van der Waals surface area contributed by atoms with E-state index in [-0.39, 0.29) is 30.3 Å². The van der Waals surface area contributed by atoms with Crippen LogP contribution in [0.4, 0.5) is 10.2 Å². The minimum atomic E-state index is -0.467. The van der Waals surface area contributed by atoms with Crippen molar-refractivity contribution in [2.75, 3.05) is 51.3 Å². The van der Waals surface area contributed by atoms with Crippen LogP contribution in [0.5, 0.6) is 5.75 Å². The van der Waals surface area contributed by atoms with Crippen molar-refractivity contribution < 1.29 is 18.7 Å². The number of nitrogens with one attached hydrogen (secondary N) is 1. The average molecular weight is 700 g/mol. The van der Waals surface area contributed by atoms with Crippen LogP contribution in [0.3, 0.4) is 0 Å². The Hall–Kier alpha value is -6.11. The van der Waals surface area contributed by atoms with Crippen molar-refractivity contribution in [2.24, 2.45) is 0 Å². The molecule has 0 radical (unpaired) electrons. The van der Waals surface area contributed by atoms with Crippen molar-refractivity contribution in [3.05, 3.63) is 102 Å². The number of benzene rings is 3. The van der Waals surface area contributed by atoms with Crippen LogP contribution in [-0.2, 0) is 11.3 Å². The fourth-order valence-corrected chi connectivity index (χ4v) is 7.24. The fraction of sp³-hybridized carbons (Fsp3) is 0.282. The van der Waals surface area contributed by atoms with E-state index in [9.17, 15) is 9.59 Å². The molecular formula is C39H38FN9O3. The number of aromatic amines is 1. The van der Waals surface area contributed by atoms with Crippen molar-refractivity contribution >= 4 is 45.1 Å². The van der Waals surface area contributed by atoms with Crippen molar-refractivity contribution in [3.8, 4) is 16.9 Å². The summed E-state index contributed by atoms with van der Waals surface area (Å²) < 4.78 is 24.1. The maximum Gasteiger partial charge on any atom is 0.270 e. The molecule has 264 valence electrons. The molecule has 3 aromatic heterocycles. The number of aromatic nitrogens is 6. The van der Waals surface area contributed by atoms with Gasteiger partial charge in [-0.15, -0.1) is 5.10 Å². The standard InChI is InChI=1S/C39H38FN9O3/c1-25-38(44-32-11-5-4-10-31(32)42-25)46-18-20-47(21-19-46)39(51)33-23-30-29(27-9-3-6-12-34(27)52-2)22-28(36(40)37(30)43-33)26-8-7-15-48(24-26)35(50)13-16-49-17-14-41-45-49/h3-6,8-12,14,17,22-23,43H,7,13,15-16,18-21,24H2,1-2H3. The van der Waals surface area contributed by atoms with Gasteiger partial charge in [0.15, 0.2) is 11.6 Å². The second-order valence-electron chi connectivity index (χ2n) is 13.1. The topological polar surface area (TPSA) is 125 Å². The summed E-state index contributed by atoms with van der Waals surface area (Å²) in [6.45, 7) is 5.31. The highest BCUT2D eigenvalue weighted by Gasteiger charge is 2.29. The number of rotatable bonds is 8. The number of piperazine rings is 1. The van der Waals surface area contributed by atoms with Gasteiger partial charge < -0.3 is 24.4 Å². The molecule has 13 heteroatoms. The minimum Gasteiger partial charge on any atom is -0.496 e. The van der Waals surface area contributed by atoms with Crippen LogP contribution in [-0.4, -0.2) is 97.9 Å². The molecule has 0 bridgehead atoms. The van der Waals surface area contributed by atoms with Crippen LogP contribution in [0.25, 0.3) is 38.6 Å². The normalized spacial score (nSPS) is 15.0. The summed E-state index contributed by atoms with van der Waals surface area (Å²) in [7, 11) is 1.60. The largest absolute Gasteiger partial charge is 0.496 e. The molecule has 1 fully saturated rings. The maximum atomic E-state index is 16.7. The molecule has 5 heterocycles. The zero-order valence-corrected chi connectivity index (χ0v) is 29.0. The predicted molar refractivity (Wildman–Crippen MR) is 196 cm³/mol. The van der Waals surface area contributed by atoms with E-state index in [0.29, 0.717) is 73.7 Å². The summed E-state index contributed by atoms with van der Waals surface area (Å²) in [6, 6.07) is 18.9. The average Bonchev–Trinajstić information content (AvgIpc) is 3.88. The molecular weight excluding hydrogens is 661 g/mol. The van der Waals surface area contributed by atoms with Crippen molar-refractivity contribution in [1.29, 1.82) is 0 Å². The summed E-state index contributed by atoms with van der Waals surface area (Å²) in [6.07, 6.45) is 6.14. The number of halogens is 1. The number of H-pyrrole nitrogens is 1. The number of ether oxygens (including phenoxy) is 1. The summed E-state index contributed by atoms with van der Waals surface area (Å²) in [4.78, 5) is 45.7. The lowest BCUT2D eigenvalue weighted by Crippen LogP contribution is -2.49. The van der Waals surface area contributed by atoms with Gasteiger partial charge in [-0.25, -0.2) is 14.4 Å². The van der Waals surface area contributed by atoms with E-state index < -0.39 is 5.82 Å². The van der Waals surface area contributed by atoms with Gasteiger partial charge in [0.2, 0.25) is 5.91 Å². The van der Waals surface area contributed by atoms with Gasteiger partial charge in [-0.1, -0.05) is 41.6 Å². The number of anilines is 1. The Morgan fingerprint density at radius 3 is 2.44 bits per heavy atom.